The summed E-state index contributed by atoms with van der Waals surface area (Å²) < 4.78 is 11.3. The first kappa shape index (κ1) is 21.6. The lowest BCUT2D eigenvalue weighted by molar-refractivity contribution is 0.0734. The van der Waals surface area contributed by atoms with E-state index in [2.05, 4.69) is 6.92 Å². The molecule has 3 nitrogen and oxygen atoms in total. The average molecular weight is 403 g/mol. The van der Waals surface area contributed by atoms with Gasteiger partial charge in [0.25, 0.3) is 0 Å². The molecule has 30 heavy (non-hydrogen) atoms. The molecule has 0 spiro atoms. The molecule has 0 aliphatic heterocycles. The van der Waals surface area contributed by atoms with E-state index in [1.165, 1.54) is 37.7 Å². The molecule has 3 rings (SSSR count). The number of carbonyl (C=O) groups is 1. The molecule has 3 aromatic rings. The second-order valence-electron chi connectivity index (χ2n) is 7.50. The Hall–Kier alpha value is -3.07. The van der Waals surface area contributed by atoms with Crippen LogP contribution < -0.4 is 9.47 Å². The Morgan fingerprint density at radius 3 is 2.07 bits per heavy atom. The summed E-state index contributed by atoms with van der Waals surface area (Å²) >= 11 is 0. The van der Waals surface area contributed by atoms with Gasteiger partial charge in [-0.05, 0) is 60.4 Å². The highest BCUT2D eigenvalue weighted by atomic mass is 16.5. The lowest BCUT2D eigenvalue weighted by Gasteiger charge is -2.08. The van der Waals surface area contributed by atoms with Gasteiger partial charge in [0.15, 0.2) is 0 Å². The first-order chi connectivity index (χ1) is 14.7. The van der Waals surface area contributed by atoms with E-state index < -0.39 is 0 Å². The minimum absolute atomic E-state index is 0.364. The van der Waals surface area contributed by atoms with Crippen molar-refractivity contribution < 1.29 is 14.3 Å². The Labute approximate surface area is 179 Å². The summed E-state index contributed by atoms with van der Waals surface area (Å²) in [5.41, 5.74) is 2.89. The number of benzene rings is 3. The number of unbranched alkanes of at least 4 members (excludes halogenated alkanes) is 4. The van der Waals surface area contributed by atoms with Crippen molar-refractivity contribution in [2.24, 2.45) is 0 Å². The van der Waals surface area contributed by atoms with Gasteiger partial charge in [0, 0.05) is 0 Å². The second-order valence-corrected chi connectivity index (χ2v) is 7.50. The summed E-state index contributed by atoms with van der Waals surface area (Å²) in [6.07, 6.45) is 7.44. The average Bonchev–Trinajstić information content (AvgIpc) is 2.79. The molecule has 0 fully saturated rings. The maximum atomic E-state index is 12.4. The maximum absolute atomic E-state index is 12.4. The predicted octanol–water partition coefficient (Wildman–Crippen LogP) is 7.00. The van der Waals surface area contributed by atoms with Crippen LogP contribution in [0, 0.1) is 0 Å². The molecule has 0 saturated carbocycles. The molecule has 0 heterocycles. The zero-order valence-electron chi connectivity index (χ0n) is 17.7. The van der Waals surface area contributed by atoms with Crippen LogP contribution in [0.15, 0.2) is 78.9 Å². The molecule has 0 atom stereocenters. The van der Waals surface area contributed by atoms with E-state index in [-0.39, 0.29) is 5.97 Å². The SMILES string of the molecule is CCCCCCCc1ccc(OC(=O)c2ccc(OCc3ccccc3)cc2)cc1. The van der Waals surface area contributed by atoms with Gasteiger partial charge in [-0.3, -0.25) is 0 Å². The zero-order chi connectivity index (χ0) is 21.0. The number of aryl methyl sites for hydroxylation is 1. The second kappa shape index (κ2) is 11.8. The van der Waals surface area contributed by atoms with Crippen LogP contribution in [0.2, 0.25) is 0 Å². The van der Waals surface area contributed by atoms with Gasteiger partial charge in [0.05, 0.1) is 5.56 Å². The van der Waals surface area contributed by atoms with Crippen LogP contribution in [0.3, 0.4) is 0 Å². The standard InChI is InChI=1S/C27H30O3/c1-2-3-4-5-7-10-22-13-17-26(18-14-22)30-27(28)24-15-19-25(20-16-24)29-21-23-11-8-6-9-12-23/h6,8-9,11-20H,2-5,7,10,21H2,1H3. The van der Waals surface area contributed by atoms with E-state index in [1.807, 2.05) is 54.6 Å². The van der Waals surface area contributed by atoms with Gasteiger partial charge in [-0.25, -0.2) is 4.79 Å². The van der Waals surface area contributed by atoms with Crippen LogP contribution in [0.25, 0.3) is 0 Å². The summed E-state index contributed by atoms with van der Waals surface area (Å²) in [6, 6.07) is 24.9. The van der Waals surface area contributed by atoms with E-state index in [0.29, 0.717) is 17.9 Å². The normalized spacial score (nSPS) is 10.6. The third-order valence-corrected chi connectivity index (χ3v) is 5.04. The van der Waals surface area contributed by atoms with Crippen LogP contribution in [0.4, 0.5) is 0 Å². The van der Waals surface area contributed by atoms with Crippen molar-refractivity contribution in [2.75, 3.05) is 0 Å². The molecule has 0 aliphatic rings. The molecule has 0 amide bonds. The van der Waals surface area contributed by atoms with E-state index >= 15 is 0 Å². The lowest BCUT2D eigenvalue weighted by Crippen LogP contribution is -2.08. The van der Waals surface area contributed by atoms with Crippen LogP contribution in [0.5, 0.6) is 11.5 Å². The summed E-state index contributed by atoms with van der Waals surface area (Å²) in [6.45, 7) is 2.73. The Morgan fingerprint density at radius 2 is 1.37 bits per heavy atom. The monoisotopic (exact) mass is 402 g/mol. The molecule has 0 aromatic heterocycles. The largest absolute Gasteiger partial charge is 0.489 e. The van der Waals surface area contributed by atoms with E-state index in [1.54, 1.807) is 24.3 Å². The Morgan fingerprint density at radius 1 is 0.700 bits per heavy atom. The van der Waals surface area contributed by atoms with Crippen molar-refractivity contribution in [1.29, 1.82) is 0 Å². The zero-order valence-corrected chi connectivity index (χ0v) is 17.7. The van der Waals surface area contributed by atoms with E-state index in [4.69, 9.17) is 9.47 Å². The number of carbonyl (C=O) groups excluding carboxylic acids is 1. The van der Waals surface area contributed by atoms with Crippen LogP contribution >= 0.6 is 0 Å². The van der Waals surface area contributed by atoms with Crippen LogP contribution in [-0.2, 0) is 13.0 Å². The molecule has 0 radical (unpaired) electrons. The number of ether oxygens (including phenoxy) is 2. The van der Waals surface area contributed by atoms with E-state index in [0.717, 1.165) is 17.7 Å². The first-order valence-corrected chi connectivity index (χ1v) is 10.8. The molecule has 0 saturated heterocycles. The number of esters is 1. The van der Waals surface area contributed by atoms with Gasteiger partial charge < -0.3 is 9.47 Å². The van der Waals surface area contributed by atoms with Gasteiger partial charge in [0.2, 0.25) is 0 Å². The Balaban J connectivity index is 1.46. The summed E-state index contributed by atoms with van der Waals surface area (Å²) in [7, 11) is 0. The summed E-state index contributed by atoms with van der Waals surface area (Å²) in [5.74, 6) is 0.926. The van der Waals surface area contributed by atoms with Gasteiger partial charge in [-0.2, -0.15) is 0 Å². The van der Waals surface area contributed by atoms with Gasteiger partial charge in [-0.15, -0.1) is 0 Å². The number of hydrogen-bond acceptors (Lipinski definition) is 3. The maximum Gasteiger partial charge on any atom is 0.343 e. The van der Waals surface area contributed by atoms with Gasteiger partial charge >= 0.3 is 5.97 Å². The fraction of sp³-hybridized carbons (Fsp3) is 0.296. The molecule has 0 unspecified atom stereocenters. The van der Waals surface area contributed by atoms with Crippen molar-refractivity contribution in [2.45, 2.75) is 52.1 Å². The summed E-state index contributed by atoms with van der Waals surface area (Å²) in [5, 5.41) is 0. The van der Waals surface area contributed by atoms with Crippen LogP contribution in [-0.4, -0.2) is 5.97 Å². The highest BCUT2D eigenvalue weighted by molar-refractivity contribution is 5.91. The smallest absolute Gasteiger partial charge is 0.343 e. The molecule has 3 aromatic carbocycles. The van der Waals surface area contributed by atoms with Crippen molar-refractivity contribution in [1.82, 2.24) is 0 Å². The quantitative estimate of drug-likeness (QED) is 0.197. The van der Waals surface area contributed by atoms with Crippen molar-refractivity contribution >= 4 is 5.97 Å². The van der Waals surface area contributed by atoms with Gasteiger partial charge in [-0.1, -0.05) is 75.1 Å². The molecule has 156 valence electrons. The van der Waals surface area contributed by atoms with Crippen molar-refractivity contribution in [3.05, 3.63) is 95.6 Å². The number of rotatable bonds is 11. The Kier molecular flexibility index (Phi) is 8.52. The van der Waals surface area contributed by atoms with Gasteiger partial charge in [0.1, 0.15) is 18.1 Å². The number of hydrogen-bond donors (Lipinski definition) is 0. The molecular weight excluding hydrogens is 372 g/mol. The highest BCUT2D eigenvalue weighted by Gasteiger charge is 2.09. The first-order valence-electron chi connectivity index (χ1n) is 10.8. The fourth-order valence-corrected chi connectivity index (χ4v) is 3.25. The minimum Gasteiger partial charge on any atom is -0.489 e. The van der Waals surface area contributed by atoms with Crippen LogP contribution in [0.1, 0.15) is 60.5 Å². The third kappa shape index (κ3) is 7.07. The molecule has 3 heteroatoms. The third-order valence-electron chi connectivity index (χ3n) is 5.04. The lowest BCUT2D eigenvalue weighted by atomic mass is 10.1. The molecule has 0 N–H and O–H groups in total. The topological polar surface area (TPSA) is 35.5 Å². The summed E-state index contributed by atoms with van der Waals surface area (Å²) in [4.78, 5) is 12.4. The van der Waals surface area contributed by atoms with Crippen molar-refractivity contribution in [3.63, 3.8) is 0 Å². The highest BCUT2D eigenvalue weighted by Crippen LogP contribution is 2.18. The van der Waals surface area contributed by atoms with E-state index in [9.17, 15) is 4.79 Å². The molecule has 0 bridgehead atoms. The Bertz CT molecular complexity index is 884. The minimum atomic E-state index is -0.364. The predicted molar refractivity (Wildman–Crippen MR) is 121 cm³/mol. The van der Waals surface area contributed by atoms with Crippen molar-refractivity contribution in [3.8, 4) is 11.5 Å². The molecular formula is C27H30O3. The fourth-order valence-electron chi connectivity index (χ4n) is 3.25. The molecule has 0 aliphatic carbocycles.